The molecule has 17 nitrogen and oxygen atoms in total. The standard InChI is InChI=1S/C62H120O17P2/c1-7-10-12-30-38-44-59(64)72-50-57(78-61(66)46-40-31-13-11-8-2)52-76-80(68,69)74-48-56(63)49-75-81(70,71)77-53-58(51-73-60(65)45-39-34-28-24-21-20-23-27-33-37-43-55(6)9-3)79-62(67)47-41-35-29-25-19-17-15-14-16-18-22-26-32-36-42-54(4)5/h54-58,63H,7-53H2,1-6H3,(H,68,69)(H,70,71)/t55?,56-,57+,58+/m0/s1. The lowest BCUT2D eigenvalue weighted by Crippen LogP contribution is -2.30. The highest BCUT2D eigenvalue weighted by Gasteiger charge is 2.30. The zero-order chi connectivity index (χ0) is 60.1. The second-order valence-electron chi connectivity index (χ2n) is 23.2. The van der Waals surface area contributed by atoms with Crippen LogP contribution in [0.1, 0.15) is 305 Å². The second kappa shape index (κ2) is 54.7. The smallest absolute Gasteiger partial charge is 0.462 e. The van der Waals surface area contributed by atoms with E-state index in [-0.39, 0.29) is 25.7 Å². The predicted molar refractivity (Wildman–Crippen MR) is 321 cm³/mol. The van der Waals surface area contributed by atoms with Crippen LogP contribution in [0.25, 0.3) is 0 Å². The molecule has 0 heterocycles. The third kappa shape index (κ3) is 55.7. The number of hydrogen-bond acceptors (Lipinski definition) is 15. The Morgan fingerprint density at radius 2 is 0.630 bits per heavy atom. The van der Waals surface area contributed by atoms with Crippen molar-refractivity contribution in [1.29, 1.82) is 0 Å². The van der Waals surface area contributed by atoms with Crippen LogP contribution in [0.2, 0.25) is 0 Å². The average molecular weight is 1200 g/mol. The largest absolute Gasteiger partial charge is 0.472 e. The van der Waals surface area contributed by atoms with Crippen molar-refractivity contribution >= 4 is 39.5 Å². The van der Waals surface area contributed by atoms with Gasteiger partial charge in [-0.2, -0.15) is 0 Å². The number of aliphatic hydroxyl groups excluding tert-OH is 1. The lowest BCUT2D eigenvalue weighted by atomic mass is 9.99. The van der Waals surface area contributed by atoms with Crippen molar-refractivity contribution in [3.8, 4) is 0 Å². The molecule has 0 amide bonds. The Bertz CT molecular complexity index is 1600. The molecule has 0 radical (unpaired) electrons. The van der Waals surface area contributed by atoms with Gasteiger partial charge >= 0.3 is 39.5 Å². The molecule has 0 aliphatic rings. The van der Waals surface area contributed by atoms with Crippen LogP contribution in [-0.4, -0.2) is 96.7 Å². The number of phosphoric ester groups is 2. The van der Waals surface area contributed by atoms with Crippen LogP contribution in [0, 0.1) is 11.8 Å². The maximum atomic E-state index is 13.0. The van der Waals surface area contributed by atoms with E-state index < -0.39 is 97.5 Å². The van der Waals surface area contributed by atoms with Gasteiger partial charge in [0.25, 0.3) is 0 Å². The molecule has 0 aliphatic heterocycles. The van der Waals surface area contributed by atoms with Crippen LogP contribution >= 0.6 is 15.6 Å². The number of phosphoric acid groups is 2. The molecule has 3 unspecified atom stereocenters. The van der Waals surface area contributed by atoms with E-state index in [9.17, 15) is 43.2 Å². The number of carbonyl (C=O) groups excluding carboxylic acids is 4. The first-order valence-corrected chi connectivity index (χ1v) is 35.5. The molecule has 0 saturated heterocycles. The van der Waals surface area contributed by atoms with E-state index in [0.717, 1.165) is 108 Å². The molecule has 0 bridgehead atoms. The monoisotopic (exact) mass is 1200 g/mol. The molecule has 6 atom stereocenters. The predicted octanol–water partition coefficient (Wildman–Crippen LogP) is 16.9. The number of carbonyl (C=O) groups is 4. The molecule has 0 fully saturated rings. The van der Waals surface area contributed by atoms with Gasteiger partial charge in [0.1, 0.15) is 19.3 Å². The van der Waals surface area contributed by atoms with Crippen LogP contribution in [-0.2, 0) is 65.4 Å². The van der Waals surface area contributed by atoms with E-state index in [2.05, 4.69) is 41.5 Å². The van der Waals surface area contributed by atoms with Crippen molar-refractivity contribution in [3.63, 3.8) is 0 Å². The van der Waals surface area contributed by atoms with E-state index in [0.29, 0.717) is 25.7 Å². The van der Waals surface area contributed by atoms with Crippen LogP contribution in [0.3, 0.4) is 0 Å². The molecule has 0 rings (SSSR count). The molecule has 0 aromatic carbocycles. The number of unbranched alkanes of at least 4 members (excludes halogenated alkanes) is 30. The summed E-state index contributed by atoms with van der Waals surface area (Å²) in [5.74, 6) is -0.554. The average Bonchev–Trinajstić information content (AvgIpc) is 3.43. The van der Waals surface area contributed by atoms with E-state index in [1.807, 2.05) is 0 Å². The summed E-state index contributed by atoms with van der Waals surface area (Å²) in [5, 5.41) is 10.5. The highest BCUT2D eigenvalue weighted by Crippen LogP contribution is 2.45. The number of aliphatic hydroxyl groups is 1. The van der Waals surface area contributed by atoms with Gasteiger partial charge < -0.3 is 33.8 Å². The highest BCUT2D eigenvalue weighted by molar-refractivity contribution is 7.47. The van der Waals surface area contributed by atoms with Crippen molar-refractivity contribution in [2.75, 3.05) is 39.6 Å². The first kappa shape index (κ1) is 79.1. The van der Waals surface area contributed by atoms with Gasteiger partial charge in [-0.1, -0.05) is 253 Å². The molecule has 0 spiro atoms. The molecule has 0 saturated carbocycles. The molecule has 81 heavy (non-hydrogen) atoms. The summed E-state index contributed by atoms with van der Waals surface area (Å²) >= 11 is 0. The molecular weight excluding hydrogens is 1080 g/mol. The first-order chi connectivity index (χ1) is 38.9. The van der Waals surface area contributed by atoms with Crippen molar-refractivity contribution < 1.29 is 80.2 Å². The lowest BCUT2D eigenvalue weighted by Gasteiger charge is -2.21. The van der Waals surface area contributed by atoms with Crippen LogP contribution in [0.4, 0.5) is 0 Å². The molecule has 0 aromatic heterocycles. The van der Waals surface area contributed by atoms with Crippen molar-refractivity contribution in [3.05, 3.63) is 0 Å². The minimum atomic E-state index is -4.94. The fourth-order valence-electron chi connectivity index (χ4n) is 9.15. The Morgan fingerprint density at radius 1 is 0.358 bits per heavy atom. The van der Waals surface area contributed by atoms with E-state index in [4.69, 9.17) is 37.0 Å². The Balaban J connectivity index is 5.11. The Kier molecular flexibility index (Phi) is 53.4. The van der Waals surface area contributed by atoms with Gasteiger partial charge in [-0.05, 0) is 37.5 Å². The van der Waals surface area contributed by atoms with Crippen molar-refractivity contribution in [1.82, 2.24) is 0 Å². The maximum absolute atomic E-state index is 13.0. The topological polar surface area (TPSA) is 237 Å². The number of rotatable bonds is 61. The molecule has 19 heteroatoms. The van der Waals surface area contributed by atoms with Crippen LogP contribution in [0.5, 0.6) is 0 Å². The van der Waals surface area contributed by atoms with Crippen molar-refractivity contribution in [2.45, 2.75) is 323 Å². The van der Waals surface area contributed by atoms with Gasteiger partial charge in [0, 0.05) is 25.7 Å². The summed E-state index contributed by atoms with van der Waals surface area (Å²) in [6, 6.07) is 0. The second-order valence-corrected chi connectivity index (χ2v) is 26.1. The minimum absolute atomic E-state index is 0.0986. The van der Waals surface area contributed by atoms with Crippen LogP contribution in [0.15, 0.2) is 0 Å². The minimum Gasteiger partial charge on any atom is -0.462 e. The quantitative estimate of drug-likeness (QED) is 0.0222. The molecule has 480 valence electrons. The number of hydrogen-bond donors (Lipinski definition) is 3. The Morgan fingerprint density at radius 3 is 0.938 bits per heavy atom. The van der Waals surface area contributed by atoms with Gasteiger partial charge in [0.2, 0.25) is 0 Å². The first-order valence-electron chi connectivity index (χ1n) is 32.5. The van der Waals surface area contributed by atoms with Gasteiger partial charge in [-0.3, -0.25) is 37.3 Å². The normalized spacial score (nSPS) is 14.7. The SMILES string of the molecule is CCCCCCCC(=O)OC[C@H](COP(=O)(O)OC[C@H](O)COP(=O)(O)OC[C@@H](COC(=O)CCCCCCCCCCCCC(C)CC)OC(=O)CCCCCCCCCCCCCCCCC(C)C)OC(=O)CCCCCCC. The summed E-state index contributed by atoms with van der Waals surface area (Å²) in [5.41, 5.74) is 0. The summed E-state index contributed by atoms with van der Waals surface area (Å²) in [7, 11) is -9.86. The molecule has 3 N–H and O–H groups in total. The third-order valence-electron chi connectivity index (χ3n) is 14.6. The van der Waals surface area contributed by atoms with E-state index >= 15 is 0 Å². The van der Waals surface area contributed by atoms with Gasteiger partial charge in [-0.25, -0.2) is 9.13 Å². The molecule has 0 aliphatic carbocycles. The summed E-state index contributed by atoms with van der Waals surface area (Å²) < 4.78 is 67.5. The Hall–Kier alpha value is -1.94. The highest BCUT2D eigenvalue weighted by atomic mass is 31.2. The van der Waals surface area contributed by atoms with E-state index in [1.165, 1.54) is 116 Å². The van der Waals surface area contributed by atoms with Gasteiger partial charge in [0.05, 0.1) is 26.4 Å². The zero-order valence-corrected chi connectivity index (χ0v) is 53.9. The Labute approximate surface area is 492 Å². The summed E-state index contributed by atoms with van der Waals surface area (Å²) in [6.07, 6.45) is 36.9. The van der Waals surface area contributed by atoms with E-state index in [1.54, 1.807) is 0 Å². The molecular formula is C62H120O17P2. The molecule has 0 aromatic rings. The zero-order valence-electron chi connectivity index (χ0n) is 52.1. The number of ether oxygens (including phenoxy) is 4. The van der Waals surface area contributed by atoms with Crippen molar-refractivity contribution in [2.24, 2.45) is 11.8 Å². The van der Waals surface area contributed by atoms with Gasteiger partial charge in [-0.15, -0.1) is 0 Å². The maximum Gasteiger partial charge on any atom is 0.472 e. The number of esters is 4. The fraction of sp³-hybridized carbons (Fsp3) is 0.935. The fourth-order valence-corrected chi connectivity index (χ4v) is 10.7. The van der Waals surface area contributed by atoms with Gasteiger partial charge in [0.15, 0.2) is 12.2 Å². The van der Waals surface area contributed by atoms with Crippen LogP contribution < -0.4 is 0 Å². The summed E-state index contributed by atoms with van der Waals surface area (Å²) in [6.45, 7) is 9.35. The summed E-state index contributed by atoms with van der Waals surface area (Å²) in [4.78, 5) is 71.6. The third-order valence-corrected chi connectivity index (χ3v) is 16.5. The lowest BCUT2D eigenvalue weighted by molar-refractivity contribution is -0.161.